The summed E-state index contributed by atoms with van der Waals surface area (Å²) in [6.07, 6.45) is 5.37. The van der Waals surface area contributed by atoms with Gasteiger partial charge in [0.05, 0.1) is 13.4 Å². The molecule has 0 heterocycles. The fourth-order valence-corrected chi connectivity index (χ4v) is 2.79. The third kappa shape index (κ3) is 3.86. The fraction of sp³-hybridized carbons (Fsp3) is 0.571. The number of benzene rings is 1. The van der Waals surface area contributed by atoms with Crippen LogP contribution in [-0.2, 0) is 27.1 Å². The van der Waals surface area contributed by atoms with E-state index in [0.717, 1.165) is 31.3 Å². The molecule has 1 aliphatic carbocycles. The van der Waals surface area contributed by atoms with Crippen molar-refractivity contribution >= 4 is 10.1 Å². The van der Waals surface area contributed by atoms with Crippen LogP contribution in [0, 0.1) is 0 Å². The van der Waals surface area contributed by atoms with Crippen molar-refractivity contribution in [2.24, 2.45) is 0 Å². The summed E-state index contributed by atoms with van der Waals surface area (Å²) < 4.78 is 37.5. The van der Waals surface area contributed by atoms with Crippen molar-refractivity contribution < 1.29 is 22.1 Å². The molecule has 6 heteroatoms. The zero-order valence-electron chi connectivity index (χ0n) is 11.8. The number of aryl methyl sites for hydroxylation is 1. The van der Waals surface area contributed by atoms with Gasteiger partial charge in [-0.25, -0.2) is 0 Å². The van der Waals surface area contributed by atoms with Crippen LogP contribution in [0.5, 0.6) is 11.5 Å². The second-order valence-corrected chi connectivity index (χ2v) is 6.46. The third-order valence-electron chi connectivity index (χ3n) is 3.29. The minimum Gasteiger partial charge on any atom is -0.493 e. The Hall–Kier alpha value is -1.27. The summed E-state index contributed by atoms with van der Waals surface area (Å²) in [5, 5.41) is 0. The van der Waals surface area contributed by atoms with E-state index in [2.05, 4.69) is 10.2 Å². The molecular formula is C14H20O5S. The van der Waals surface area contributed by atoms with Crippen LogP contribution in [0.2, 0.25) is 0 Å². The van der Waals surface area contributed by atoms with E-state index in [1.165, 1.54) is 17.5 Å². The molecule has 0 radical (unpaired) electrons. The van der Waals surface area contributed by atoms with Crippen molar-refractivity contribution in [3.05, 3.63) is 23.3 Å². The minimum atomic E-state index is -3.42. The van der Waals surface area contributed by atoms with E-state index in [0.29, 0.717) is 5.75 Å². The van der Waals surface area contributed by atoms with Crippen LogP contribution in [0.25, 0.3) is 0 Å². The molecule has 112 valence electrons. The summed E-state index contributed by atoms with van der Waals surface area (Å²) in [5.74, 6) is 1.41. The highest BCUT2D eigenvalue weighted by Crippen LogP contribution is 2.37. The van der Waals surface area contributed by atoms with E-state index in [9.17, 15) is 8.42 Å². The maximum atomic E-state index is 10.9. The summed E-state index contributed by atoms with van der Waals surface area (Å²) in [6, 6.07) is 3.98. The number of fused-ring (bicyclic) bond motifs is 1. The number of hydrogen-bond acceptors (Lipinski definition) is 5. The van der Waals surface area contributed by atoms with E-state index in [4.69, 9.17) is 9.47 Å². The predicted octanol–water partition coefficient (Wildman–Crippen LogP) is 1.93. The molecule has 1 aliphatic rings. The normalized spacial score (nSPS) is 14.7. The number of ether oxygens (including phenoxy) is 2. The Kier molecular flexibility index (Phi) is 4.88. The van der Waals surface area contributed by atoms with E-state index in [1.54, 1.807) is 7.11 Å². The van der Waals surface area contributed by atoms with Crippen LogP contribution in [-0.4, -0.2) is 35.0 Å². The van der Waals surface area contributed by atoms with Crippen LogP contribution in [0.3, 0.4) is 0 Å². The van der Waals surface area contributed by atoms with Crippen molar-refractivity contribution in [1.29, 1.82) is 0 Å². The highest BCUT2D eigenvalue weighted by molar-refractivity contribution is 7.85. The Bertz CT molecular complexity index is 565. The Balaban J connectivity index is 2.09. The fourth-order valence-electron chi connectivity index (χ4n) is 2.42. The van der Waals surface area contributed by atoms with Crippen LogP contribution in [0.4, 0.5) is 0 Å². The van der Waals surface area contributed by atoms with E-state index in [-0.39, 0.29) is 13.2 Å². The second kappa shape index (κ2) is 6.45. The van der Waals surface area contributed by atoms with Gasteiger partial charge in [-0.05, 0) is 37.3 Å². The first kappa shape index (κ1) is 15.1. The van der Waals surface area contributed by atoms with Gasteiger partial charge in [-0.2, -0.15) is 8.42 Å². The molecule has 0 atom stereocenters. The first-order valence-corrected chi connectivity index (χ1v) is 8.49. The topological polar surface area (TPSA) is 61.8 Å². The first-order valence-electron chi connectivity index (χ1n) is 6.67. The average molecular weight is 300 g/mol. The van der Waals surface area contributed by atoms with Crippen LogP contribution >= 0.6 is 0 Å². The van der Waals surface area contributed by atoms with Gasteiger partial charge in [-0.3, -0.25) is 4.18 Å². The van der Waals surface area contributed by atoms with Gasteiger partial charge in [0, 0.05) is 5.56 Å². The molecule has 0 unspecified atom stereocenters. The van der Waals surface area contributed by atoms with Crippen molar-refractivity contribution in [3.63, 3.8) is 0 Å². The van der Waals surface area contributed by atoms with Crippen LogP contribution < -0.4 is 9.47 Å². The van der Waals surface area contributed by atoms with Gasteiger partial charge in [-0.15, -0.1) is 0 Å². The molecule has 0 saturated heterocycles. The van der Waals surface area contributed by atoms with Crippen molar-refractivity contribution in [2.75, 3.05) is 26.6 Å². The molecular weight excluding hydrogens is 280 g/mol. The molecule has 0 aliphatic heterocycles. The largest absolute Gasteiger partial charge is 0.493 e. The molecule has 20 heavy (non-hydrogen) atoms. The molecule has 0 amide bonds. The van der Waals surface area contributed by atoms with Gasteiger partial charge >= 0.3 is 0 Å². The summed E-state index contributed by atoms with van der Waals surface area (Å²) >= 11 is 0. The molecule has 2 rings (SSSR count). The maximum Gasteiger partial charge on any atom is 0.264 e. The highest BCUT2D eigenvalue weighted by Gasteiger charge is 2.18. The lowest BCUT2D eigenvalue weighted by atomic mass is 9.91. The van der Waals surface area contributed by atoms with Gasteiger partial charge in [0.2, 0.25) is 0 Å². The molecule has 1 aromatic carbocycles. The van der Waals surface area contributed by atoms with E-state index in [1.807, 2.05) is 6.07 Å². The number of methoxy groups -OCH3 is 1. The van der Waals surface area contributed by atoms with Gasteiger partial charge in [0.25, 0.3) is 10.1 Å². The average Bonchev–Trinajstić information content (AvgIpc) is 2.42. The molecule has 0 bridgehead atoms. The summed E-state index contributed by atoms with van der Waals surface area (Å²) in [6.45, 7) is 0.186. The van der Waals surface area contributed by atoms with Crippen LogP contribution in [0.1, 0.15) is 24.0 Å². The molecule has 0 fully saturated rings. The van der Waals surface area contributed by atoms with Crippen LogP contribution in [0.15, 0.2) is 12.1 Å². The SMILES string of the molecule is COc1ccc2c(c1OCCOS(C)(=O)=O)CCCC2. The van der Waals surface area contributed by atoms with E-state index >= 15 is 0 Å². The predicted molar refractivity (Wildman–Crippen MR) is 75.9 cm³/mol. The lowest BCUT2D eigenvalue weighted by Crippen LogP contribution is -2.14. The second-order valence-electron chi connectivity index (χ2n) is 4.82. The first-order chi connectivity index (χ1) is 9.51. The summed E-state index contributed by atoms with van der Waals surface area (Å²) in [7, 11) is -1.82. The Labute approximate surface area is 120 Å². The summed E-state index contributed by atoms with van der Waals surface area (Å²) in [4.78, 5) is 0. The Morgan fingerprint density at radius 2 is 1.90 bits per heavy atom. The zero-order valence-corrected chi connectivity index (χ0v) is 12.7. The monoisotopic (exact) mass is 300 g/mol. The lowest BCUT2D eigenvalue weighted by molar-refractivity contribution is 0.214. The molecule has 0 N–H and O–H groups in total. The smallest absolute Gasteiger partial charge is 0.264 e. The molecule has 0 saturated carbocycles. The van der Waals surface area contributed by atoms with Gasteiger partial charge in [0.15, 0.2) is 11.5 Å². The van der Waals surface area contributed by atoms with Crippen molar-refractivity contribution in [2.45, 2.75) is 25.7 Å². The van der Waals surface area contributed by atoms with Gasteiger partial charge in [0.1, 0.15) is 13.2 Å². The molecule has 0 spiro atoms. The minimum absolute atomic E-state index is 0.00561. The number of hydrogen-bond donors (Lipinski definition) is 0. The van der Waals surface area contributed by atoms with E-state index < -0.39 is 10.1 Å². The van der Waals surface area contributed by atoms with Gasteiger partial charge < -0.3 is 9.47 Å². The highest BCUT2D eigenvalue weighted by atomic mass is 32.2. The standard InChI is InChI=1S/C14H20O5S/c1-17-13-8-7-11-5-3-4-6-12(11)14(13)18-9-10-19-20(2,15)16/h7-8H,3-6,9-10H2,1-2H3. The van der Waals surface area contributed by atoms with Gasteiger partial charge in [-0.1, -0.05) is 6.07 Å². The molecule has 5 nitrogen and oxygen atoms in total. The maximum absolute atomic E-state index is 10.9. The lowest BCUT2D eigenvalue weighted by Gasteiger charge is -2.21. The molecule has 1 aromatic rings. The Morgan fingerprint density at radius 3 is 2.60 bits per heavy atom. The summed E-state index contributed by atoms with van der Waals surface area (Å²) in [5.41, 5.74) is 2.46. The van der Waals surface area contributed by atoms with Crippen molar-refractivity contribution in [3.8, 4) is 11.5 Å². The quantitative estimate of drug-likeness (QED) is 0.593. The Morgan fingerprint density at radius 1 is 1.15 bits per heavy atom. The molecule has 0 aromatic heterocycles. The number of rotatable bonds is 6. The third-order valence-corrected chi connectivity index (χ3v) is 3.89. The zero-order chi connectivity index (χ0) is 14.6. The van der Waals surface area contributed by atoms with Crippen molar-refractivity contribution in [1.82, 2.24) is 0 Å².